The molecule has 0 atom stereocenters. The lowest BCUT2D eigenvalue weighted by Crippen LogP contribution is -2.19. The van der Waals surface area contributed by atoms with Crippen molar-refractivity contribution in [2.75, 3.05) is 6.61 Å². The van der Waals surface area contributed by atoms with Crippen molar-refractivity contribution in [3.8, 4) is 11.8 Å². The minimum Gasteiger partial charge on any atom is -0.492 e. The molecule has 1 rings (SSSR count). The van der Waals surface area contributed by atoms with Crippen LogP contribution in [0.5, 0.6) is 5.75 Å². The number of nitrogens with zero attached hydrogens (tertiary/aromatic N) is 1. The number of hydrogen-bond donors (Lipinski definition) is 0. The van der Waals surface area contributed by atoms with Crippen LogP contribution in [-0.2, 0) is 0 Å². The van der Waals surface area contributed by atoms with Crippen LogP contribution in [0.1, 0.15) is 25.0 Å². The molecule has 2 heteroatoms. The van der Waals surface area contributed by atoms with Crippen LogP contribution in [0.15, 0.2) is 18.2 Å². The first-order valence-corrected chi connectivity index (χ1v) is 5.06. The van der Waals surface area contributed by atoms with Gasteiger partial charge < -0.3 is 4.74 Å². The molecule has 0 aromatic heterocycles. The van der Waals surface area contributed by atoms with Crippen LogP contribution in [0.3, 0.4) is 0 Å². The van der Waals surface area contributed by atoms with E-state index >= 15 is 0 Å². The van der Waals surface area contributed by atoms with E-state index in [0.717, 1.165) is 11.3 Å². The van der Waals surface area contributed by atoms with E-state index in [9.17, 15) is 0 Å². The summed E-state index contributed by atoms with van der Waals surface area (Å²) in [7, 11) is 0. The molecule has 1 aromatic rings. The summed E-state index contributed by atoms with van der Waals surface area (Å²) < 4.78 is 5.65. The number of aryl methyl sites for hydroxylation is 1. The Hall–Kier alpha value is -1.49. The van der Waals surface area contributed by atoms with Crippen LogP contribution >= 0.6 is 0 Å². The second kappa shape index (κ2) is 4.35. The predicted octanol–water partition coefficient (Wildman–Crippen LogP) is 3.23. The van der Waals surface area contributed by atoms with E-state index in [1.165, 1.54) is 5.56 Å². The highest BCUT2D eigenvalue weighted by molar-refractivity contribution is 5.38. The highest BCUT2D eigenvalue weighted by atomic mass is 16.5. The molecule has 0 amide bonds. The molecule has 0 unspecified atom stereocenters. The van der Waals surface area contributed by atoms with Crippen LogP contribution in [0.4, 0.5) is 0 Å². The third-order valence-electron chi connectivity index (χ3n) is 2.45. The lowest BCUT2D eigenvalue weighted by atomic mass is 9.97. The fourth-order valence-electron chi connectivity index (χ4n) is 1.17. The summed E-state index contributed by atoms with van der Waals surface area (Å²) in [5.74, 6) is 0.873. The van der Waals surface area contributed by atoms with Crippen molar-refractivity contribution in [1.29, 1.82) is 5.26 Å². The molecule has 0 aliphatic heterocycles. The number of benzene rings is 1. The Morgan fingerprint density at radius 1 is 1.33 bits per heavy atom. The number of hydrogen-bond acceptors (Lipinski definition) is 2. The van der Waals surface area contributed by atoms with Crippen molar-refractivity contribution < 1.29 is 4.74 Å². The van der Waals surface area contributed by atoms with E-state index in [1.807, 2.05) is 32.9 Å². The monoisotopic (exact) mass is 203 g/mol. The molecule has 0 radical (unpaired) electrons. The van der Waals surface area contributed by atoms with E-state index in [0.29, 0.717) is 6.61 Å². The molecule has 0 aliphatic rings. The topological polar surface area (TPSA) is 33.0 Å². The Morgan fingerprint density at radius 3 is 2.60 bits per heavy atom. The Morgan fingerprint density at radius 2 is 2.00 bits per heavy atom. The van der Waals surface area contributed by atoms with Gasteiger partial charge in [-0.25, -0.2) is 0 Å². The third-order valence-corrected chi connectivity index (χ3v) is 2.45. The summed E-state index contributed by atoms with van der Waals surface area (Å²) in [6.45, 7) is 8.26. The van der Waals surface area contributed by atoms with Crippen molar-refractivity contribution in [3.63, 3.8) is 0 Å². The average Bonchev–Trinajstić information content (AvgIpc) is 2.20. The normalized spacial score (nSPS) is 10.9. The maximum atomic E-state index is 8.87. The van der Waals surface area contributed by atoms with Gasteiger partial charge in [-0.1, -0.05) is 12.1 Å². The minimum atomic E-state index is -0.434. The van der Waals surface area contributed by atoms with Gasteiger partial charge in [0.2, 0.25) is 0 Å². The van der Waals surface area contributed by atoms with Gasteiger partial charge in [-0.15, -0.1) is 0 Å². The molecule has 0 saturated carbocycles. The van der Waals surface area contributed by atoms with Crippen molar-refractivity contribution in [2.45, 2.75) is 27.7 Å². The fraction of sp³-hybridized carbons (Fsp3) is 0.462. The van der Waals surface area contributed by atoms with Crippen molar-refractivity contribution in [3.05, 3.63) is 29.3 Å². The van der Waals surface area contributed by atoms with Gasteiger partial charge in [-0.2, -0.15) is 5.26 Å². The van der Waals surface area contributed by atoms with Gasteiger partial charge in [-0.05, 0) is 44.9 Å². The predicted molar refractivity (Wildman–Crippen MR) is 60.8 cm³/mol. The lowest BCUT2D eigenvalue weighted by Gasteiger charge is -2.17. The number of ether oxygens (including phenoxy) is 1. The molecule has 0 N–H and O–H groups in total. The van der Waals surface area contributed by atoms with Crippen molar-refractivity contribution >= 4 is 0 Å². The molecule has 1 aromatic carbocycles. The highest BCUT2D eigenvalue weighted by Crippen LogP contribution is 2.23. The molecule has 0 aliphatic carbocycles. The number of nitriles is 1. The van der Waals surface area contributed by atoms with Crippen LogP contribution in [0.25, 0.3) is 0 Å². The summed E-state index contributed by atoms with van der Waals surface area (Å²) in [6.07, 6.45) is 0. The summed E-state index contributed by atoms with van der Waals surface area (Å²) >= 11 is 0. The van der Waals surface area contributed by atoms with E-state index in [-0.39, 0.29) is 0 Å². The van der Waals surface area contributed by atoms with Gasteiger partial charge in [0.05, 0.1) is 11.5 Å². The maximum Gasteiger partial charge on any atom is 0.122 e. The van der Waals surface area contributed by atoms with E-state index in [2.05, 4.69) is 19.1 Å². The van der Waals surface area contributed by atoms with Crippen molar-refractivity contribution in [2.24, 2.45) is 5.41 Å². The smallest absolute Gasteiger partial charge is 0.122 e. The second-order valence-corrected chi connectivity index (χ2v) is 4.48. The Bertz CT molecular complexity index is 388. The molecule has 0 bridgehead atoms. The zero-order chi connectivity index (χ0) is 11.5. The van der Waals surface area contributed by atoms with Gasteiger partial charge in [0, 0.05) is 0 Å². The van der Waals surface area contributed by atoms with Crippen LogP contribution in [0.2, 0.25) is 0 Å². The summed E-state index contributed by atoms with van der Waals surface area (Å²) in [4.78, 5) is 0. The fourth-order valence-corrected chi connectivity index (χ4v) is 1.17. The molecule has 0 heterocycles. The summed E-state index contributed by atoms with van der Waals surface area (Å²) in [5, 5.41) is 8.87. The first-order chi connectivity index (χ1) is 6.96. The quantitative estimate of drug-likeness (QED) is 0.755. The Labute approximate surface area is 91.5 Å². The van der Waals surface area contributed by atoms with E-state index in [4.69, 9.17) is 10.00 Å². The van der Waals surface area contributed by atoms with Crippen LogP contribution in [0, 0.1) is 30.6 Å². The zero-order valence-corrected chi connectivity index (χ0v) is 9.79. The first kappa shape index (κ1) is 11.6. The second-order valence-electron chi connectivity index (χ2n) is 4.48. The third kappa shape index (κ3) is 2.99. The van der Waals surface area contributed by atoms with E-state index < -0.39 is 5.41 Å². The SMILES string of the molecule is Cc1cccc(OCC(C)(C)C#N)c1C. The van der Waals surface area contributed by atoms with Gasteiger partial charge in [-0.3, -0.25) is 0 Å². The Kier molecular flexibility index (Phi) is 3.36. The lowest BCUT2D eigenvalue weighted by molar-refractivity contribution is 0.226. The van der Waals surface area contributed by atoms with Crippen LogP contribution in [-0.4, -0.2) is 6.61 Å². The number of rotatable bonds is 3. The average molecular weight is 203 g/mol. The standard InChI is InChI=1S/C13H17NO/c1-10-6-5-7-12(11(10)2)15-9-13(3,4)8-14/h5-7H,9H2,1-4H3. The van der Waals surface area contributed by atoms with Gasteiger partial charge >= 0.3 is 0 Å². The maximum absolute atomic E-state index is 8.87. The van der Waals surface area contributed by atoms with Gasteiger partial charge in [0.1, 0.15) is 12.4 Å². The van der Waals surface area contributed by atoms with Gasteiger partial charge in [0.25, 0.3) is 0 Å². The Balaban J connectivity index is 2.75. The van der Waals surface area contributed by atoms with Gasteiger partial charge in [0.15, 0.2) is 0 Å². The van der Waals surface area contributed by atoms with E-state index in [1.54, 1.807) is 0 Å². The molecule has 2 nitrogen and oxygen atoms in total. The minimum absolute atomic E-state index is 0.424. The molecular formula is C13H17NO. The molecule has 15 heavy (non-hydrogen) atoms. The summed E-state index contributed by atoms with van der Waals surface area (Å²) in [5.41, 5.74) is 1.92. The zero-order valence-electron chi connectivity index (χ0n) is 9.79. The largest absolute Gasteiger partial charge is 0.492 e. The molecular weight excluding hydrogens is 186 g/mol. The molecule has 80 valence electrons. The van der Waals surface area contributed by atoms with Crippen molar-refractivity contribution in [1.82, 2.24) is 0 Å². The summed E-state index contributed by atoms with van der Waals surface area (Å²) in [6, 6.07) is 8.18. The van der Waals surface area contributed by atoms with Crippen LogP contribution < -0.4 is 4.74 Å². The highest BCUT2D eigenvalue weighted by Gasteiger charge is 2.18. The molecule has 0 fully saturated rings. The molecule has 0 saturated heterocycles. The molecule has 0 spiro atoms. The first-order valence-electron chi connectivity index (χ1n) is 5.06.